The second-order valence-corrected chi connectivity index (χ2v) is 9.29. The number of rotatable bonds is 10. The minimum absolute atomic E-state index is 0.0822. The summed E-state index contributed by atoms with van der Waals surface area (Å²) in [5.41, 5.74) is 5.45. The van der Waals surface area contributed by atoms with E-state index >= 15 is 0 Å². The van der Waals surface area contributed by atoms with Gasteiger partial charge in [0.2, 0.25) is 5.88 Å². The van der Waals surface area contributed by atoms with Crippen LogP contribution in [0.2, 0.25) is 0 Å². The molecule has 0 bridgehead atoms. The molecule has 0 aliphatic rings. The largest absolute Gasteiger partial charge is 0.528 e. The summed E-state index contributed by atoms with van der Waals surface area (Å²) in [6.07, 6.45) is 3.16. The average molecular weight is 537 g/mol. The molecular weight excluding hydrogens is 506 g/mol. The maximum atomic E-state index is 14.0. The van der Waals surface area contributed by atoms with Crippen LogP contribution in [0.15, 0.2) is 76.2 Å². The van der Waals surface area contributed by atoms with Gasteiger partial charge in [-0.05, 0) is 42.5 Å². The predicted molar refractivity (Wildman–Crippen MR) is 150 cm³/mol. The van der Waals surface area contributed by atoms with E-state index in [1.807, 2.05) is 68.4 Å². The van der Waals surface area contributed by atoms with Gasteiger partial charge >= 0.3 is 0 Å². The van der Waals surface area contributed by atoms with E-state index in [0.29, 0.717) is 43.0 Å². The number of aromatic nitrogens is 5. The molecule has 5 aromatic rings. The molecule has 3 aromatic heterocycles. The average Bonchev–Trinajstić information content (AvgIpc) is 3.42. The van der Waals surface area contributed by atoms with Crippen molar-refractivity contribution in [1.29, 1.82) is 0 Å². The summed E-state index contributed by atoms with van der Waals surface area (Å²) in [4.78, 5) is 27.1. The standard InChI is InChI=1S/C31H31N5O4/c1-4-9-26-33-25(5-2)28(22-16-17-27(32-18-22)39-6-3)30(37)36(26)19-20-12-14-21(15-13-20)23-10-7-8-11-24(23)29-34-31(38)40-35-29/h7-8,10-18H,4-6,9,19H2,1-3H3,(H,34,35,38)/p-1. The van der Waals surface area contributed by atoms with E-state index < -0.39 is 6.08 Å². The topological polar surface area (TPSA) is 119 Å². The van der Waals surface area contributed by atoms with Crippen molar-refractivity contribution in [3.05, 3.63) is 94.3 Å². The monoisotopic (exact) mass is 536 g/mol. The van der Waals surface area contributed by atoms with Gasteiger partial charge in [-0.1, -0.05) is 62.4 Å². The van der Waals surface area contributed by atoms with E-state index in [1.165, 1.54) is 0 Å². The highest BCUT2D eigenvalue weighted by Gasteiger charge is 2.18. The molecule has 0 radical (unpaired) electrons. The summed E-state index contributed by atoms with van der Waals surface area (Å²) in [6, 6.07) is 19.2. The second-order valence-electron chi connectivity index (χ2n) is 9.29. The normalized spacial score (nSPS) is 11.1. The fourth-order valence-corrected chi connectivity index (χ4v) is 4.75. The van der Waals surface area contributed by atoms with E-state index in [-0.39, 0.29) is 11.4 Å². The van der Waals surface area contributed by atoms with Gasteiger partial charge in [-0.2, -0.15) is 5.16 Å². The smallest absolute Gasteiger partial charge is 0.262 e. The van der Waals surface area contributed by atoms with Crippen LogP contribution < -0.4 is 15.4 Å². The maximum Gasteiger partial charge on any atom is 0.262 e. The highest BCUT2D eigenvalue weighted by atomic mass is 16.6. The van der Waals surface area contributed by atoms with Crippen molar-refractivity contribution in [2.75, 3.05) is 6.61 Å². The molecule has 9 nitrogen and oxygen atoms in total. The molecule has 3 heterocycles. The molecule has 40 heavy (non-hydrogen) atoms. The van der Waals surface area contributed by atoms with Crippen LogP contribution in [0.1, 0.15) is 44.3 Å². The third kappa shape index (κ3) is 5.49. The van der Waals surface area contributed by atoms with Crippen molar-refractivity contribution in [2.24, 2.45) is 0 Å². The van der Waals surface area contributed by atoms with E-state index in [4.69, 9.17) is 9.72 Å². The van der Waals surface area contributed by atoms with E-state index in [0.717, 1.165) is 40.2 Å². The van der Waals surface area contributed by atoms with E-state index in [2.05, 4.69) is 26.6 Å². The first-order chi connectivity index (χ1) is 19.5. The van der Waals surface area contributed by atoms with Crippen molar-refractivity contribution in [2.45, 2.75) is 46.6 Å². The summed E-state index contributed by atoms with van der Waals surface area (Å²) in [6.45, 7) is 6.90. The van der Waals surface area contributed by atoms with Crippen molar-refractivity contribution in [3.63, 3.8) is 0 Å². The fraction of sp³-hybridized carbons (Fsp3) is 0.258. The van der Waals surface area contributed by atoms with Crippen molar-refractivity contribution >= 4 is 0 Å². The van der Waals surface area contributed by atoms with Gasteiger partial charge in [-0.3, -0.25) is 9.36 Å². The number of aryl methyl sites for hydroxylation is 2. The highest BCUT2D eigenvalue weighted by molar-refractivity contribution is 5.80. The fourth-order valence-electron chi connectivity index (χ4n) is 4.75. The van der Waals surface area contributed by atoms with Gasteiger partial charge in [-0.15, -0.1) is 0 Å². The molecule has 5 rings (SSSR count). The molecule has 0 amide bonds. The van der Waals surface area contributed by atoms with Gasteiger partial charge in [0.25, 0.3) is 5.56 Å². The molecule has 0 aliphatic carbocycles. The van der Waals surface area contributed by atoms with Crippen LogP contribution in [0.25, 0.3) is 33.6 Å². The Morgan fingerprint density at radius 2 is 1.68 bits per heavy atom. The predicted octanol–water partition coefficient (Wildman–Crippen LogP) is 5.06. The molecule has 0 N–H and O–H groups in total. The summed E-state index contributed by atoms with van der Waals surface area (Å²) in [7, 11) is 0. The van der Waals surface area contributed by atoms with Gasteiger partial charge in [-0.25, -0.2) is 15.0 Å². The minimum atomic E-state index is -0.725. The molecule has 9 heteroatoms. The van der Waals surface area contributed by atoms with E-state index in [1.54, 1.807) is 16.8 Å². The zero-order valence-corrected chi connectivity index (χ0v) is 22.8. The van der Waals surface area contributed by atoms with Crippen LogP contribution in [-0.4, -0.2) is 31.3 Å². The molecule has 0 fully saturated rings. The third-order valence-electron chi connectivity index (χ3n) is 6.63. The van der Waals surface area contributed by atoms with Gasteiger partial charge in [0.1, 0.15) is 5.82 Å². The minimum Gasteiger partial charge on any atom is -0.528 e. The van der Waals surface area contributed by atoms with Crippen LogP contribution in [0.3, 0.4) is 0 Å². The lowest BCUT2D eigenvalue weighted by Gasteiger charge is -2.17. The lowest BCUT2D eigenvalue weighted by molar-refractivity contribution is -0.303. The summed E-state index contributed by atoms with van der Waals surface area (Å²) >= 11 is 0. The third-order valence-corrected chi connectivity index (χ3v) is 6.63. The van der Waals surface area contributed by atoms with Gasteiger partial charge in [0.15, 0.2) is 11.9 Å². The number of pyridine rings is 1. The summed E-state index contributed by atoms with van der Waals surface area (Å²) in [5, 5.41) is 15.2. The highest BCUT2D eigenvalue weighted by Crippen LogP contribution is 2.31. The lowest BCUT2D eigenvalue weighted by Crippen LogP contribution is -2.29. The summed E-state index contributed by atoms with van der Waals surface area (Å²) in [5.74, 6) is 1.54. The molecule has 0 saturated carbocycles. The molecule has 0 atom stereocenters. The molecule has 204 valence electrons. The number of nitrogens with zero attached hydrogens (tertiary/aromatic N) is 5. The summed E-state index contributed by atoms with van der Waals surface area (Å²) < 4.78 is 11.9. The first-order valence-corrected chi connectivity index (χ1v) is 13.4. The Kier molecular flexibility index (Phi) is 8.00. The maximum absolute atomic E-state index is 14.0. The van der Waals surface area contributed by atoms with E-state index in [9.17, 15) is 9.90 Å². The molecule has 0 spiro atoms. The molecule has 2 aromatic carbocycles. The van der Waals surface area contributed by atoms with Crippen LogP contribution in [0.5, 0.6) is 12.0 Å². The second kappa shape index (κ2) is 11.9. The molecular formula is C31H30N5O4-. The Morgan fingerprint density at radius 3 is 2.30 bits per heavy atom. The quantitative estimate of drug-likeness (QED) is 0.243. The van der Waals surface area contributed by atoms with Crippen molar-refractivity contribution in [3.8, 4) is 45.6 Å². The Hall–Kier alpha value is -4.79. The molecule has 0 saturated heterocycles. The zero-order chi connectivity index (χ0) is 28.1. The lowest BCUT2D eigenvalue weighted by atomic mass is 9.98. The first-order valence-electron chi connectivity index (χ1n) is 13.4. The van der Waals surface area contributed by atoms with Crippen LogP contribution in [0.4, 0.5) is 0 Å². The molecule has 0 unspecified atom stereocenters. The van der Waals surface area contributed by atoms with Crippen LogP contribution >= 0.6 is 0 Å². The van der Waals surface area contributed by atoms with Gasteiger partial charge in [0.05, 0.1) is 24.4 Å². The SMILES string of the molecule is CCCc1nc(CC)c(-c2ccc(OCC)nc2)c(=O)n1Cc1ccc(-c2ccccc2-c2noc([O-])n2)cc1. The number of hydrogen-bond donors (Lipinski definition) is 0. The van der Waals surface area contributed by atoms with Crippen LogP contribution in [0, 0.1) is 0 Å². The Labute approximate surface area is 232 Å². The van der Waals surface area contributed by atoms with Gasteiger partial charge < -0.3 is 14.4 Å². The number of ether oxygens (including phenoxy) is 1. The van der Waals surface area contributed by atoms with Crippen molar-refractivity contribution in [1.82, 2.24) is 24.7 Å². The Balaban J connectivity index is 1.51. The number of hydrogen-bond acceptors (Lipinski definition) is 8. The first kappa shape index (κ1) is 26.8. The zero-order valence-electron chi connectivity index (χ0n) is 22.8. The van der Waals surface area contributed by atoms with Crippen LogP contribution in [-0.2, 0) is 19.4 Å². The number of benzene rings is 2. The Bertz CT molecular complexity index is 1660. The van der Waals surface area contributed by atoms with Gasteiger partial charge in [0, 0.05) is 29.8 Å². The van der Waals surface area contributed by atoms with Crippen molar-refractivity contribution < 1.29 is 14.4 Å². The Morgan fingerprint density at radius 1 is 0.925 bits per heavy atom. The molecule has 0 aliphatic heterocycles.